The van der Waals surface area contributed by atoms with Gasteiger partial charge in [0.25, 0.3) is 0 Å². The predicted octanol–water partition coefficient (Wildman–Crippen LogP) is 13.4. The molecule has 4 atom stereocenters. The zero-order valence-corrected chi connectivity index (χ0v) is 44.2. The van der Waals surface area contributed by atoms with Crippen molar-refractivity contribution in [2.24, 2.45) is 31.8 Å². The molecule has 1 aliphatic carbocycles. The Morgan fingerprint density at radius 2 is 1.03 bits per heavy atom. The van der Waals surface area contributed by atoms with Crippen LogP contribution in [0.2, 0.25) is 5.02 Å². The number of carbonyl (C=O) groups excluding carboxylic acids is 2. The largest absolute Gasteiger partial charge is 0.299 e. The third-order valence-corrected chi connectivity index (χ3v) is 15.6. The second-order valence-electron chi connectivity index (χ2n) is 20.6. The molecule has 4 aromatic heterocycles. The first-order valence-electron chi connectivity index (χ1n) is 26.4. The summed E-state index contributed by atoms with van der Waals surface area (Å²) >= 11 is 6.08. The minimum atomic E-state index is 0. The summed E-state index contributed by atoms with van der Waals surface area (Å²) in [5.41, 5.74) is 13.5. The number of rotatable bonds is 17. The van der Waals surface area contributed by atoms with Gasteiger partial charge in [0, 0.05) is 87.5 Å². The normalized spacial score (nSPS) is 17.3. The summed E-state index contributed by atoms with van der Waals surface area (Å²) in [5, 5.41) is 19.3. The summed E-state index contributed by atoms with van der Waals surface area (Å²) in [5.74, 6) is 1.79. The van der Waals surface area contributed by atoms with Crippen LogP contribution < -0.4 is 0 Å². The Hall–Kier alpha value is -7.47. The van der Waals surface area contributed by atoms with Crippen molar-refractivity contribution in [1.82, 2.24) is 44.0 Å². The first-order valence-corrected chi connectivity index (χ1v) is 26.8. The van der Waals surface area contributed by atoms with Crippen molar-refractivity contribution in [1.29, 1.82) is 0 Å². The highest BCUT2D eigenvalue weighted by atomic mass is 35.5. The molecule has 0 N–H and O–H groups in total. The molecule has 12 heteroatoms. The highest BCUT2D eigenvalue weighted by Crippen LogP contribution is 2.42. The van der Waals surface area contributed by atoms with Gasteiger partial charge in [-0.05, 0) is 115 Å². The number of nitrogens with zero attached hydrogens (tertiary/aromatic N) is 9. The standard InChI is InChI=1S/C33H33N5O.C30H33ClN4O.CH4/c1-24-31(38(29-16-10-5-11-17-29)35-32(24)28-20-34-36(2)22-28)19-30(39)18-27-23-37(21-25-12-6-3-7-13-25)33(27)26-14-8-4-9-15-26;1-21-29(35(27-10-4-3-5-11-27)33-30(21)25-19-32-34(2)20-25)18-28(36)17-24-9-7-6-8-23(24)16-22-12-14-26(31)15-13-22;/h3-17,20,22,27,33H,18-19,21,23H2,1-2H3;3-5,10-15,19-20,23-24H,6-9,16-18H2,1-2H3;1H4/t27-,33+;;/m1../s1. The second-order valence-corrected chi connectivity index (χ2v) is 21.1. The van der Waals surface area contributed by atoms with Crippen LogP contribution in [0.5, 0.6) is 0 Å². The van der Waals surface area contributed by atoms with Gasteiger partial charge < -0.3 is 0 Å². The van der Waals surface area contributed by atoms with Crippen LogP contribution in [0.1, 0.15) is 91.2 Å². The van der Waals surface area contributed by atoms with E-state index in [1.165, 1.54) is 36.0 Å². The Kier molecular flexibility index (Phi) is 17.2. The van der Waals surface area contributed by atoms with Gasteiger partial charge in [-0.25, -0.2) is 9.36 Å². The summed E-state index contributed by atoms with van der Waals surface area (Å²) < 4.78 is 7.45. The van der Waals surface area contributed by atoms with Gasteiger partial charge in [-0.3, -0.25) is 23.9 Å². The number of likely N-dealkylation sites (tertiary alicyclic amines) is 1. The average Bonchev–Trinajstić information content (AvgIpc) is 4.25. The van der Waals surface area contributed by atoms with E-state index in [1.807, 2.05) is 121 Å². The molecule has 0 radical (unpaired) electrons. The SMILES string of the molecule is C.Cc1c(-c2cnn(C)c2)nn(-c2ccccc2)c1CC(=O)CC1CCCCC1Cc1ccc(Cl)cc1.Cc1c(-c2cnn(C)c2)nn(-c2ccccc2)c1CC(=O)C[C@@H]1CN(Cc2ccccc2)[C@H]1c1ccccc1. The molecule has 0 spiro atoms. The smallest absolute Gasteiger partial charge is 0.139 e. The maximum Gasteiger partial charge on any atom is 0.139 e. The Balaban J connectivity index is 0.000000184. The molecule has 1 saturated carbocycles. The second kappa shape index (κ2) is 24.5. The highest BCUT2D eigenvalue weighted by Gasteiger charge is 2.41. The zero-order valence-electron chi connectivity index (χ0n) is 43.5. The minimum absolute atomic E-state index is 0. The summed E-state index contributed by atoms with van der Waals surface area (Å²) in [7, 11) is 3.81. The minimum Gasteiger partial charge on any atom is -0.299 e. The molecule has 76 heavy (non-hydrogen) atoms. The van der Waals surface area contributed by atoms with Gasteiger partial charge in [0.15, 0.2) is 0 Å². The fourth-order valence-corrected chi connectivity index (χ4v) is 11.6. The molecule has 390 valence electrons. The van der Waals surface area contributed by atoms with Crippen molar-refractivity contribution < 1.29 is 9.59 Å². The van der Waals surface area contributed by atoms with Gasteiger partial charge in [-0.2, -0.15) is 20.4 Å². The first kappa shape index (κ1) is 53.4. The van der Waals surface area contributed by atoms with E-state index in [0.717, 1.165) is 87.4 Å². The van der Waals surface area contributed by atoms with Crippen LogP contribution in [0.3, 0.4) is 0 Å². The van der Waals surface area contributed by atoms with Gasteiger partial charge in [-0.15, -0.1) is 0 Å². The number of ketones is 2. The summed E-state index contributed by atoms with van der Waals surface area (Å²) in [6.07, 6.45) is 15.3. The number of hydrogen-bond donors (Lipinski definition) is 0. The predicted molar refractivity (Wildman–Crippen MR) is 305 cm³/mol. The lowest BCUT2D eigenvalue weighted by molar-refractivity contribution is -0.122. The average molecular weight is 1030 g/mol. The molecular formula is C64H70ClN9O2. The summed E-state index contributed by atoms with van der Waals surface area (Å²) in [6, 6.07) is 49.8. The van der Waals surface area contributed by atoms with Gasteiger partial charge in [0.1, 0.15) is 11.6 Å². The number of aromatic nitrogens is 8. The lowest BCUT2D eigenvalue weighted by Crippen LogP contribution is -2.49. The third kappa shape index (κ3) is 12.4. The summed E-state index contributed by atoms with van der Waals surface area (Å²) in [6.45, 7) is 5.94. The number of carbonyl (C=O) groups is 2. The van der Waals surface area contributed by atoms with E-state index in [2.05, 4.69) is 102 Å². The van der Waals surface area contributed by atoms with Gasteiger partial charge in [0.2, 0.25) is 0 Å². The van der Waals surface area contributed by atoms with Gasteiger partial charge >= 0.3 is 0 Å². The first-order chi connectivity index (χ1) is 36.5. The maximum absolute atomic E-state index is 13.7. The topological polar surface area (TPSA) is 109 Å². The number of halogens is 1. The van der Waals surface area contributed by atoms with Crippen LogP contribution in [0.15, 0.2) is 170 Å². The fraction of sp³-hybridized carbons (Fsp3) is 0.312. The van der Waals surface area contributed by atoms with Crippen LogP contribution in [-0.2, 0) is 49.5 Å². The summed E-state index contributed by atoms with van der Waals surface area (Å²) in [4.78, 5) is 29.7. The molecule has 9 aromatic rings. The quantitative estimate of drug-likeness (QED) is 0.0893. The lowest BCUT2D eigenvalue weighted by Gasteiger charge is -2.48. The molecule has 1 aliphatic heterocycles. The molecule has 5 heterocycles. The lowest BCUT2D eigenvalue weighted by atomic mass is 9.74. The number of hydrogen-bond acceptors (Lipinski definition) is 7. The van der Waals surface area contributed by atoms with E-state index in [4.69, 9.17) is 21.8 Å². The van der Waals surface area contributed by atoms with Gasteiger partial charge in [-0.1, -0.05) is 141 Å². The molecule has 11 nitrogen and oxygen atoms in total. The molecular weight excluding hydrogens is 962 g/mol. The molecule has 5 aromatic carbocycles. The zero-order chi connectivity index (χ0) is 51.8. The number of Topliss-reactive ketones (excluding diaryl/α,β-unsaturated/α-hetero) is 2. The molecule has 2 fully saturated rings. The van der Waals surface area contributed by atoms with Crippen LogP contribution in [0.25, 0.3) is 33.9 Å². The van der Waals surface area contributed by atoms with Crippen LogP contribution in [0, 0.1) is 31.6 Å². The molecule has 1 saturated heterocycles. The molecule has 2 unspecified atom stereocenters. The Morgan fingerprint density at radius 1 is 0.566 bits per heavy atom. The van der Waals surface area contributed by atoms with Gasteiger partial charge in [0.05, 0.1) is 46.5 Å². The van der Waals surface area contributed by atoms with Crippen LogP contribution in [-0.4, -0.2) is 62.1 Å². The molecule has 11 rings (SSSR count). The van der Waals surface area contributed by atoms with Crippen molar-refractivity contribution in [2.75, 3.05) is 6.54 Å². The van der Waals surface area contributed by atoms with Crippen molar-refractivity contribution in [3.8, 4) is 33.9 Å². The number of benzene rings is 5. The maximum atomic E-state index is 13.7. The van der Waals surface area contributed by atoms with Crippen LogP contribution >= 0.6 is 11.6 Å². The Morgan fingerprint density at radius 3 is 1.51 bits per heavy atom. The van der Waals surface area contributed by atoms with Crippen molar-refractivity contribution >= 4 is 23.2 Å². The fourth-order valence-electron chi connectivity index (χ4n) is 11.5. The van der Waals surface area contributed by atoms with Crippen molar-refractivity contribution in [3.05, 3.63) is 215 Å². The van der Waals surface area contributed by atoms with E-state index in [-0.39, 0.29) is 25.2 Å². The van der Waals surface area contributed by atoms with E-state index in [0.29, 0.717) is 43.3 Å². The van der Waals surface area contributed by atoms with Crippen molar-refractivity contribution in [3.63, 3.8) is 0 Å². The van der Waals surface area contributed by atoms with Crippen LogP contribution in [0.4, 0.5) is 0 Å². The highest BCUT2D eigenvalue weighted by molar-refractivity contribution is 6.30. The Labute approximate surface area is 453 Å². The van der Waals surface area contributed by atoms with E-state index >= 15 is 0 Å². The molecule has 0 amide bonds. The van der Waals surface area contributed by atoms with E-state index in [9.17, 15) is 9.59 Å². The third-order valence-electron chi connectivity index (χ3n) is 15.3. The van der Waals surface area contributed by atoms with E-state index in [1.54, 1.807) is 9.36 Å². The van der Waals surface area contributed by atoms with Crippen molar-refractivity contribution in [2.45, 2.75) is 91.6 Å². The number of para-hydroxylation sites is 2. The Bertz CT molecular complexity index is 3330. The monoisotopic (exact) mass is 1030 g/mol. The number of aryl methyl sites for hydroxylation is 2. The molecule has 2 aliphatic rings. The van der Waals surface area contributed by atoms with E-state index < -0.39 is 0 Å². The molecule has 0 bridgehead atoms.